The number of hydrogen-bond acceptors (Lipinski definition) is 21. The summed E-state index contributed by atoms with van der Waals surface area (Å²) in [6.07, 6.45) is 31.3. The van der Waals surface area contributed by atoms with E-state index in [4.69, 9.17) is 33.2 Å². The Morgan fingerprint density at radius 1 is 0.186 bits per heavy atom. The summed E-state index contributed by atoms with van der Waals surface area (Å²) in [7, 11) is 0. The van der Waals surface area contributed by atoms with Crippen LogP contribution in [0.25, 0.3) is 78.8 Å². The van der Waals surface area contributed by atoms with Crippen molar-refractivity contribution in [2.75, 3.05) is 92.5 Å². The molecule has 21 aliphatic rings. The first-order chi connectivity index (χ1) is 68.6. The van der Waals surface area contributed by atoms with Crippen molar-refractivity contribution in [1.82, 2.24) is 66.9 Å². The third-order valence-electron chi connectivity index (χ3n) is 37.6. The number of ether oxygens (including phenoxy) is 7. The third kappa shape index (κ3) is 11.9. The quantitative estimate of drug-likeness (QED) is 0.0779. The van der Waals surface area contributed by atoms with E-state index in [2.05, 4.69) is 237 Å². The minimum atomic E-state index is -0.231. The second-order valence-corrected chi connectivity index (χ2v) is 44.6. The number of aliphatic hydroxyl groups excluding tert-OH is 7. The van der Waals surface area contributed by atoms with Gasteiger partial charge < -0.3 is 101 Å². The van der Waals surface area contributed by atoms with Crippen LogP contribution in [0.3, 0.4) is 0 Å². The van der Waals surface area contributed by atoms with Crippen LogP contribution in [-0.2, 0) is 33.2 Å². The van der Waals surface area contributed by atoms with Crippen molar-refractivity contribution in [2.24, 2.45) is 79.3 Å². The molecule has 28 heteroatoms. The fourth-order valence-electron chi connectivity index (χ4n) is 30.7. The summed E-state index contributed by atoms with van der Waals surface area (Å²) >= 11 is 0. The largest absolute Gasteiger partial charge is 0.393 e. The molecule has 7 N–H and O–H groups in total. The summed E-state index contributed by atoms with van der Waals surface area (Å²) in [6, 6.07) is 60.8. The molecule has 28 nitrogen and oxygen atoms in total. The van der Waals surface area contributed by atoms with Gasteiger partial charge in [-0.25, -0.2) is 34.9 Å². The number of benzene rings is 7. The highest BCUT2D eigenvalue weighted by atomic mass is 16.5. The van der Waals surface area contributed by atoms with E-state index in [1.807, 2.05) is 87.7 Å². The minimum absolute atomic E-state index is 0.184. The molecule has 35 rings (SSSR count). The van der Waals surface area contributed by atoms with E-state index in [1.54, 1.807) is 0 Å². The zero-order valence-electron chi connectivity index (χ0n) is 77.5. The summed E-state index contributed by atoms with van der Waals surface area (Å²) in [5, 5.41) is 72.6. The van der Waals surface area contributed by atoms with Crippen LogP contribution in [0.15, 0.2) is 258 Å². The molecule has 0 unspecified atom stereocenters. The van der Waals surface area contributed by atoms with E-state index in [0.29, 0.717) is 0 Å². The maximum absolute atomic E-state index is 10.4. The summed E-state index contributed by atoms with van der Waals surface area (Å²) in [6.45, 7) is 11.0. The highest BCUT2D eigenvalue weighted by Crippen LogP contribution is 2.69. The van der Waals surface area contributed by atoms with E-state index in [9.17, 15) is 35.7 Å². The van der Waals surface area contributed by atoms with Crippen molar-refractivity contribution in [2.45, 2.75) is 130 Å². The SMILES string of the molecule is O[C@@H]1CC2(COC2)[C@@H]1[C@@H]1c2ccccc2-c2cncn21.O[C@@H]1CC2(COC2)[C@@H]1[C@H]1c2ccccc2-c2cncn21.O[C@@H]1CC2(COC2)[C@H]1[C@@H]1c2ccccc2-c2cncn21.O[C@H]1CC2(COC2)[C@@H]1[C@@H]1c2ccccc2-c2cncn21.O[C@H]1CC2(COC2)[C@@H]1[C@H]1c2ccccc2-c2cncn21.O[C@H]1CC2(COC2)[C@H]1[C@@H]1c2ccccc2-c2cncn21.O[C@H]1CC2(COC2)[C@H]1[C@H]1c2ccccc2-c2cncn21. The summed E-state index contributed by atoms with van der Waals surface area (Å²) in [4.78, 5) is 30.1. The first-order valence-electron chi connectivity index (χ1n) is 50.2. The van der Waals surface area contributed by atoms with Gasteiger partial charge in [-0.2, -0.15) is 0 Å². The lowest BCUT2D eigenvalue weighted by Crippen LogP contribution is -2.64. The Morgan fingerprint density at radius 2 is 0.307 bits per heavy atom. The number of rotatable bonds is 7. The number of imidazole rings is 7. The van der Waals surface area contributed by atoms with Crippen LogP contribution in [-0.4, -0.2) is 238 Å². The van der Waals surface area contributed by atoms with Gasteiger partial charge in [-0.1, -0.05) is 170 Å². The fourth-order valence-corrected chi connectivity index (χ4v) is 30.7. The molecule has 7 aromatic heterocycles. The van der Waals surface area contributed by atoms with Crippen LogP contribution >= 0.6 is 0 Å². The molecule has 0 amide bonds. The molecule has 7 saturated carbocycles. The molecule has 7 aliphatic carbocycles. The Kier molecular flexibility index (Phi) is 19.2. The second kappa shape index (κ2) is 31.5. The smallest absolute Gasteiger partial charge is 0.0956 e. The average molecular weight is 1880 g/mol. The van der Waals surface area contributed by atoms with Crippen LogP contribution in [0.2, 0.25) is 0 Å². The number of aromatic nitrogens is 14. The molecule has 14 aliphatic heterocycles. The van der Waals surface area contributed by atoms with Crippen LogP contribution in [0.5, 0.6) is 0 Å². The molecular formula is C112H112N14O14. The number of nitrogens with zero attached hydrogens (tertiary/aromatic N) is 14. The van der Waals surface area contributed by atoms with Crippen molar-refractivity contribution >= 4 is 0 Å². The predicted molar refractivity (Wildman–Crippen MR) is 512 cm³/mol. The normalized spacial score (nSPS) is 32.4. The van der Waals surface area contributed by atoms with Crippen LogP contribution in [0.4, 0.5) is 0 Å². The fraction of sp³-hybridized carbons (Fsp3) is 0.438. The van der Waals surface area contributed by atoms with Gasteiger partial charge in [-0.3, -0.25) is 0 Å². The highest BCUT2D eigenvalue weighted by Gasteiger charge is 2.69. The monoisotopic (exact) mass is 1880 g/mol. The third-order valence-corrected chi connectivity index (χ3v) is 37.6. The van der Waals surface area contributed by atoms with Crippen LogP contribution in [0, 0.1) is 79.3 Å². The molecule has 7 spiro atoms. The van der Waals surface area contributed by atoms with Gasteiger partial charge in [0.25, 0.3) is 0 Å². The van der Waals surface area contributed by atoms with Crippen LogP contribution < -0.4 is 0 Å². The molecular weight excluding hydrogens is 1770 g/mol. The van der Waals surface area contributed by atoms with Crippen LogP contribution in [0.1, 0.15) is 126 Å². The summed E-state index contributed by atoms with van der Waals surface area (Å²) in [5.41, 5.74) is 27.5. The zero-order valence-corrected chi connectivity index (χ0v) is 77.5. The molecule has 21 heterocycles. The van der Waals surface area contributed by atoms with Gasteiger partial charge in [-0.15, -0.1) is 0 Å². The summed E-state index contributed by atoms with van der Waals surface area (Å²) in [5.74, 6) is 1.70. The van der Waals surface area contributed by atoms with Crippen molar-refractivity contribution in [3.63, 3.8) is 0 Å². The number of aliphatic hydroxyl groups is 7. The molecule has 714 valence electrons. The van der Waals surface area contributed by atoms with Gasteiger partial charge in [-0.05, 0) is 83.9 Å². The molecule has 140 heavy (non-hydrogen) atoms. The number of hydrogen-bond donors (Lipinski definition) is 7. The maximum Gasteiger partial charge on any atom is 0.0956 e. The predicted octanol–water partition coefficient (Wildman–Crippen LogP) is 13.0. The Hall–Kier alpha value is -11.6. The minimum Gasteiger partial charge on any atom is -0.393 e. The van der Waals surface area contributed by atoms with Crippen molar-refractivity contribution in [3.8, 4) is 78.8 Å². The Morgan fingerprint density at radius 3 is 0.414 bits per heavy atom. The second-order valence-electron chi connectivity index (χ2n) is 44.6. The van der Waals surface area contributed by atoms with E-state index < -0.39 is 0 Å². The van der Waals surface area contributed by atoms with Crippen molar-refractivity contribution < 1.29 is 68.9 Å². The van der Waals surface area contributed by atoms with E-state index in [1.165, 1.54) is 118 Å². The molecule has 21 atom stereocenters. The zero-order chi connectivity index (χ0) is 93.2. The Labute approximate surface area is 808 Å². The van der Waals surface area contributed by atoms with Crippen molar-refractivity contribution in [1.29, 1.82) is 0 Å². The first kappa shape index (κ1) is 85.2. The molecule has 7 saturated heterocycles. The van der Waals surface area contributed by atoms with E-state index in [-0.39, 0.29) is 164 Å². The van der Waals surface area contributed by atoms with E-state index in [0.717, 1.165) is 137 Å². The van der Waals surface area contributed by atoms with Gasteiger partial charge in [0.1, 0.15) is 0 Å². The maximum atomic E-state index is 10.4. The first-order valence-corrected chi connectivity index (χ1v) is 50.2. The lowest BCUT2D eigenvalue weighted by atomic mass is 9.53. The van der Waals surface area contributed by atoms with Gasteiger partial charge in [0, 0.05) is 118 Å². The molecule has 14 fully saturated rings. The Balaban J connectivity index is 0.0000000784. The highest BCUT2D eigenvalue weighted by molar-refractivity contribution is 5.75. The lowest BCUT2D eigenvalue weighted by Gasteiger charge is -2.60. The molecule has 0 radical (unpaired) electrons. The number of fused-ring (bicyclic) bond motifs is 21. The topological polar surface area (TPSA) is 331 Å². The summed E-state index contributed by atoms with van der Waals surface area (Å²) < 4.78 is 53.7. The van der Waals surface area contributed by atoms with Gasteiger partial charge >= 0.3 is 0 Å². The molecule has 7 aromatic carbocycles. The van der Waals surface area contributed by atoms with Gasteiger partial charge in [0.05, 0.1) is 305 Å². The Bertz CT molecular complexity index is 6000. The van der Waals surface area contributed by atoms with Crippen molar-refractivity contribution in [3.05, 3.63) is 296 Å². The van der Waals surface area contributed by atoms with Gasteiger partial charge in [0.2, 0.25) is 0 Å². The molecule has 0 bridgehead atoms. The average Bonchev–Trinajstić information content (AvgIpc) is 0.850. The standard InChI is InChI=1S/7C16H16N2O2/c7*19-13-5-16(7-20-8-16)14(13)15-11-4-2-1-3-10(11)12-6-17-9-18(12)15/h7*1-4,6,9,13-15,19H,5,7-8H2/t2*13-,14+,15+;2*13-,14+,15-;2*13-,14-,15+;13-,14-,15-/m1010100/s1. The van der Waals surface area contributed by atoms with E-state index >= 15 is 0 Å². The lowest BCUT2D eigenvalue weighted by molar-refractivity contribution is -0.250. The van der Waals surface area contributed by atoms with Gasteiger partial charge in [0.15, 0.2) is 0 Å². The molecule has 14 aromatic rings.